The van der Waals surface area contributed by atoms with Gasteiger partial charge in [0.2, 0.25) is 0 Å². The fourth-order valence-electron chi connectivity index (χ4n) is 8.12. The molecule has 0 aliphatic heterocycles. The van der Waals surface area contributed by atoms with Gasteiger partial charge in [-0.25, -0.2) is 9.97 Å². The average Bonchev–Trinajstić information content (AvgIpc) is 4.11. The standard InChI is InChI=1S/C24H21ClN2O.C24H19ClN2O/c2*1-14(28)18-7-2-3-8-19(18)16-9-10-22-23(12-16)27-24(26-22)21-13-20(21)15-5-4-6-17(25)11-15/h2-12,14,20-21,28H,13H2,1H3,(H,26,27);2-12,20-21H,13H2,1H3,(H,26,27). The molecule has 5 atom stereocenters. The summed E-state index contributed by atoms with van der Waals surface area (Å²) >= 11 is 12.3. The number of H-pyrrole nitrogens is 2. The second kappa shape index (κ2) is 14.8. The second-order valence-electron chi connectivity index (χ2n) is 15.1. The minimum atomic E-state index is -0.505. The highest BCUT2D eigenvalue weighted by molar-refractivity contribution is 6.30. The molecule has 0 amide bonds. The zero-order chi connectivity index (χ0) is 38.5. The van der Waals surface area contributed by atoms with Crippen molar-refractivity contribution in [3.05, 3.63) is 177 Å². The van der Waals surface area contributed by atoms with Crippen LogP contribution >= 0.6 is 23.2 Å². The number of aromatic nitrogens is 4. The Hall–Kier alpha value is -5.53. The first-order chi connectivity index (χ1) is 27.2. The molecule has 0 radical (unpaired) electrons. The van der Waals surface area contributed by atoms with Crippen LogP contribution in [0.15, 0.2) is 133 Å². The molecule has 2 fully saturated rings. The molecule has 0 bridgehead atoms. The van der Waals surface area contributed by atoms with E-state index in [1.165, 1.54) is 11.1 Å². The number of nitrogens with one attached hydrogen (secondary N) is 2. The lowest BCUT2D eigenvalue weighted by atomic mass is 9.96. The number of nitrogens with zero attached hydrogens (tertiary/aromatic N) is 2. The quantitative estimate of drug-likeness (QED) is 0.134. The number of imidazole rings is 2. The summed E-state index contributed by atoms with van der Waals surface area (Å²) in [5, 5.41) is 11.7. The normalized spacial score (nSPS) is 19.0. The van der Waals surface area contributed by atoms with Crippen molar-refractivity contribution >= 4 is 51.1 Å². The molecule has 5 unspecified atom stereocenters. The Morgan fingerprint density at radius 1 is 0.625 bits per heavy atom. The third-order valence-corrected chi connectivity index (χ3v) is 11.6. The van der Waals surface area contributed by atoms with Crippen molar-refractivity contribution in [2.45, 2.75) is 56.5 Å². The first-order valence-corrected chi connectivity index (χ1v) is 19.8. The third kappa shape index (κ3) is 7.28. The summed E-state index contributed by atoms with van der Waals surface area (Å²) in [7, 11) is 0. The summed E-state index contributed by atoms with van der Waals surface area (Å²) < 4.78 is 0. The van der Waals surface area contributed by atoms with Crippen LogP contribution in [0.5, 0.6) is 0 Å². The highest BCUT2D eigenvalue weighted by Gasteiger charge is 2.42. The number of hydrogen-bond acceptors (Lipinski definition) is 4. The fraction of sp³-hybridized carbons (Fsp3) is 0.188. The summed E-state index contributed by atoms with van der Waals surface area (Å²) in [4.78, 5) is 28.6. The van der Waals surface area contributed by atoms with E-state index in [1.54, 1.807) is 13.8 Å². The van der Waals surface area contributed by atoms with Crippen LogP contribution in [0, 0.1) is 0 Å². The molecule has 278 valence electrons. The zero-order valence-electron chi connectivity index (χ0n) is 31.0. The molecule has 2 heterocycles. The van der Waals surface area contributed by atoms with Gasteiger partial charge in [-0.1, -0.05) is 108 Å². The minimum absolute atomic E-state index is 0.0725. The van der Waals surface area contributed by atoms with Crippen molar-refractivity contribution < 1.29 is 9.90 Å². The number of carbonyl (C=O) groups is 1. The van der Waals surface area contributed by atoms with Crippen molar-refractivity contribution in [3.8, 4) is 22.3 Å². The van der Waals surface area contributed by atoms with E-state index in [0.29, 0.717) is 23.7 Å². The lowest BCUT2D eigenvalue weighted by Crippen LogP contribution is -1.95. The van der Waals surface area contributed by atoms with Crippen LogP contribution in [0.3, 0.4) is 0 Å². The van der Waals surface area contributed by atoms with Gasteiger partial charge < -0.3 is 15.1 Å². The number of aliphatic hydroxyl groups is 1. The molecule has 0 saturated heterocycles. The average molecular weight is 776 g/mol. The van der Waals surface area contributed by atoms with Crippen LogP contribution in [0.4, 0.5) is 0 Å². The highest BCUT2D eigenvalue weighted by atomic mass is 35.5. The number of hydrogen-bond donors (Lipinski definition) is 3. The van der Waals surface area contributed by atoms with Gasteiger partial charge in [-0.3, -0.25) is 4.79 Å². The predicted molar refractivity (Wildman–Crippen MR) is 227 cm³/mol. The molecule has 2 aliphatic rings. The van der Waals surface area contributed by atoms with Crippen LogP contribution in [-0.2, 0) is 0 Å². The molecule has 8 aromatic rings. The van der Waals surface area contributed by atoms with Gasteiger partial charge in [0, 0.05) is 27.4 Å². The van der Waals surface area contributed by atoms with Crippen molar-refractivity contribution in [1.82, 2.24) is 19.9 Å². The maximum atomic E-state index is 12.0. The Kier molecular flexibility index (Phi) is 9.58. The van der Waals surface area contributed by atoms with E-state index in [-0.39, 0.29) is 5.78 Å². The van der Waals surface area contributed by atoms with Crippen LogP contribution in [0.2, 0.25) is 10.0 Å². The molecule has 2 saturated carbocycles. The molecule has 2 aliphatic carbocycles. The molecule has 0 spiro atoms. The first kappa shape index (κ1) is 36.1. The Labute approximate surface area is 335 Å². The van der Waals surface area contributed by atoms with Crippen LogP contribution in [0.25, 0.3) is 44.3 Å². The van der Waals surface area contributed by atoms with Crippen molar-refractivity contribution in [3.63, 3.8) is 0 Å². The zero-order valence-corrected chi connectivity index (χ0v) is 32.5. The maximum absolute atomic E-state index is 12.0. The number of carbonyl (C=O) groups excluding carboxylic acids is 1. The van der Waals surface area contributed by atoms with Gasteiger partial charge in [-0.05, 0) is 126 Å². The van der Waals surface area contributed by atoms with E-state index < -0.39 is 6.10 Å². The van der Waals surface area contributed by atoms with Gasteiger partial charge in [-0.2, -0.15) is 0 Å². The van der Waals surface area contributed by atoms with Crippen LogP contribution in [0.1, 0.15) is 95.2 Å². The largest absolute Gasteiger partial charge is 0.389 e. The van der Waals surface area contributed by atoms with E-state index in [2.05, 4.69) is 58.5 Å². The van der Waals surface area contributed by atoms with Crippen molar-refractivity contribution in [1.29, 1.82) is 0 Å². The van der Waals surface area contributed by atoms with Gasteiger partial charge in [0.25, 0.3) is 0 Å². The molecule has 6 aromatic carbocycles. The summed E-state index contributed by atoms with van der Waals surface area (Å²) in [6.45, 7) is 3.41. The van der Waals surface area contributed by atoms with E-state index in [9.17, 15) is 9.90 Å². The first-order valence-electron chi connectivity index (χ1n) is 19.1. The molecule has 2 aromatic heterocycles. The summed E-state index contributed by atoms with van der Waals surface area (Å²) in [5.74, 6) is 3.91. The Bertz CT molecular complexity index is 2750. The number of halogens is 2. The smallest absolute Gasteiger partial charge is 0.160 e. The molecule has 3 N–H and O–H groups in total. The fourth-order valence-corrected chi connectivity index (χ4v) is 8.51. The number of fused-ring (bicyclic) bond motifs is 2. The van der Waals surface area contributed by atoms with Crippen molar-refractivity contribution in [2.75, 3.05) is 0 Å². The molecular weight excluding hydrogens is 735 g/mol. The molecule has 6 nitrogen and oxygen atoms in total. The topological polar surface area (TPSA) is 94.7 Å². The number of ketones is 1. The Morgan fingerprint density at radius 3 is 1.64 bits per heavy atom. The number of aromatic amines is 2. The summed E-state index contributed by atoms with van der Waals surface area (Å²) in [6, 6.07) is 44.3. The summed E-state index contributed by atoms with van der Waals surface area (Å²) in [5.41, 5.74) is 12.3. The molecule has 56 heavy (non-hydrogen) atoms. The highest BCUT2D eigenvalue weighted by Crippen LogP contribution is 2.55. The van der Waals surface area contributed by atoms with Gasteiger partial charge >= 0.3 is 0 Å². The molecule has 10 rings (SSSR count). The monoisotopic (exact) mass is 774 g/mol. The molecule has 8 heteroatoms. The number of benzene rings is 6. The predicted octanol–water partition coefficient (Wildman–Crippen LogP) is 12.6. The van der Waals surface area contributed by atoms with E-state index >= 15 is 0 Å². The van der Waals surface area contributed by atoms with E-state index in [0.717, 1.165) is 90.0 Å². The minimum Gasteiger partial charge on any atom is -0.389 e. The second-order valence-corrected chi connectivity index (χ2v) is 16.0. The number of aliphatic hydroxyl groups excluding tert-OH is 1. The third-order valence-electron chi connectivity index (χ3n) is 11.2. The Balaban J connectivity index is 0.000000146. The van der Waals surface area contributed by atoms with Gasteiger partial charge in [0.05, 0.1) is 28.2 Å². The number of rotatable bonds is 8. The summed E-state index contributed by atoms with van der Waals surface area (Å²) in [6.07, 6.45) is 1.67. The number of Topliss-reactive ketones (excluding diaryl/α,β-unsaturated/α-hetero) is 1. The van der Waals surface area contributed by atoms with Crippen LogP contribution < -0.4 is 0 Å². The van der Waals surface area contributed by atoms with Crippen molar-refractivity contribution in [2.24, 2.45) is 0 Å². The van der Waals surface area contributed by atoms with E-state index in [4.69, 9.17) is 33.2 Å². The van der Waals surface area contributed by atoms with E-state index in [1.807, 2.05) is 84.9 Å². The SMILES string of the molecule is CC(=O)c1ccccc1-c1ccc2nc(C3CC3c3cccc(Cl)c3)[nH]c2c1.CC(O)c1ccccc1-c1ccc2nc(C3CC3c3cccc(Cl)c3)[nH]c2c1. The van der Waals surface area contributed by atoms with Gasteiger partial charge in [-0.15, -0.1) is 0 Å². The lowest BCUT2D eigenvalue weighted by molar-refractivity contribution is 0.101. The lowest BCUT2D eigenvalue weighted by Gasteiger charge is -2.11. The molecular formula is C48H40Cl2N4O2. The maximum Gasteiger partial charge on any atom is 0.160 e. The van der Waals surface area contributed by atoms with Gasteiger partial charge in [0.15, 0.2) is 5.78 Å². The van der Waals surface area contributed by atoms with Gasteiger partial charge in [0.1, 0.15) is 11.6 Å². The van der Waals surface area contributed by atoms with Crippen LogP contribution in [-0.4, -0.2) is 30.8 Å². The Morgan fingerprint density at radius 2 is 1.12 bits per heavy atom.